The number of nitrogens with zero attached hydrogens (tertiary/aromatic N) is 1. The number of rotatable bonds is 2. The molecule has 15 heavy (non-hydrogen) atoms. The minimum absolute atomic E-state index is 0.851. The topological polar surface area (TPSA) is 15.3 Å². The average molecular weight is 208 g/mol. The minimum atomic E-state index is 0.851. The second-order valence-corrected chi connectivity index (χ2v) is 5.78. The normalized spacial score (nSPS) is 45.6. The molecule has 2 nitrogen and oxygen atoms in total. The Balaban J connectivity index is 1.54. The highest BCUT2D eigenvalue weighted by atomic mass is 15.1. The van der Waals surface area contributed by atoms with E-state index in [1.165, 1.54) is 64.7 Å². The monoisotopic (exact) mass is 208 g/mol. The summed E-state index contributed by atoms with van der Waals surface area (Å²) in [5.74, 6) is 2.09. The molecule has 2 bridgehead atoms. The molecule has 2 heteroatoms. The molecular weight excluding hydrogens is 184 g/mol. The van der Waals surface area contributed by atoms with Gasteiger partial charge in [-0.1, -0.05) is 6.42 Å². The van der Waals surface area contributed by atoms with Crippen LogP contribution in [0.15, 0.2) is 0 Å². The first-order valence-electron chi connectivity index (χ1n) is 6.87. The summed E-state index contributed by atoms with van der Waals surface area (Å²) >= 11 is 0. The fourth-order valence-corrected chi connectivity index (χ4v) is 3.85. The highest BCUT2D eigenvalue weighted by molar-refractivity contribution is 4.89. The molecule has 0 aromatic rings. The van der Waals surface area contributed by atoms with Gasteiger partial charge in [0, 0.05) is 12.6 Å². The molecule has 86 valence electrons. The van der Waals surface area contributed by atoms with Crippen molar-refractivity contribution in [1.29, 1.82) is 0 Å². The fraction of sp³-hybridized carbons (Fsp3) is 1.00. The second-order valence-electron chi connectivity index (χ2n) is 5.78. The van der Waals surface area contributed by atoms with Gasteiger partial charge >= 0.3 is 0 Å². The molecule has 4 aliphatic heterocycles. The number of hydrogen-bond acceptors (Lipinski definition) is 2. The zero-order chi connectivity index (χ0) is 10.1. The van der Waals surface area contributed by atoms with Gasteiger partial charge in [0.05, 0.1) is 0 Å². The van der Waals surface area contributed by atoms with Gasteiger partial charge in [-0.25, -0.2) is 0 Å². The predicted octanol–water partition coefficient (Wildman–Crippen LogP) is 1.86. The zero-order valence-corrected chi connectivity index (χ0v) is 9.75. The van der Waals surface area contributed by atoms with Crippen molar-refractivity contribution in [2.24, 2.45) is 11.8 Å². The largest absolute Gasteiger partial charge is 0.314 e. The third kappa shape index (κ3) is 2.21. The number of nitrogens with one attached hydrogen (secondary N) is 1. The quantitative estimate of drug-likeness (QED) is 0.745. The van der Waals surface area contributed by atoms with Crippen LogP contribution in [0.1, 0.15) is 38.5 Å². The Morgan fingerprint density at radius 2 is 1.93 bits per heavy atom. The van der Waals surface area contributed by atoms with E-state index in [1.54, 1.807) is 0 Å². The van der Waals surface area contributed by atoms with Crippen LogP contribution in [-0.2, 0) is 0 Å². The Hall–Kier alpha value is -0.0800. The number of hydrogen-bond donors (Lipinski definition) is 1. The van der Waals surface area contributed by atoms with Crippen LogP contribution in [0.25, 0.3) is 0 Å². The fourth-order valence-electron chi connectivity index (χ4n) is 3.85. The predicted molar refractivity (Wildman–Crippen MR) is 62.9 cm³/mol. The van der Waals surface area contributed by atoms with Crippen LogP contribution in [0.5, 0.6) is 0 Å². The van der Waals surface area contributed by atoms with E-state index in [1.807, 2.05) is 0 Å². The van der Waals surface area contributed by atoms with Gasteiger partial charge in [0.15, 0.2) is 0 Å². The molecule has 0 spiro atoms. The van der Waals surface area contributed by atoms with E-state index in [-0.39, 0.29) is 0 Å². The van der Waals surface area contributed by atoms with Crippen LogP contribution < -0.4 is 5.32 Å². The summed E-state index contributed by atoms with van der Waals surface area (Å²) in [7, 11) is 0. The van der Waals surface area contributed by atoms with Crippen molar-refractivity contribution in [3.63, 3.8) is 0 Å². The van der Waals surface area contributed by atoms with Gasteiger partial charge in [0.25, 0.3) is 0 Å². The molecule has 4 aliphatic rings. The maximum absolute atomic E-state index is 3.71. The molecule has 2 atom stereocenters. The van der Waals surface area contributed by atoms with Crippen molar-refractivity contribution in [3.8, 4) is 0 Å². The zero-order valence-electron chi connectivity index (χ0n) is 9.75. The van der Waals surface area contributed by atoms with Crippen LogP contribution in [0, 0.1) is 11.8 Å². The number of piperidine rings is 4. The first kappa shape index (κ1) is 10.1. The highest BCUT2D eigenvalue weighted by Gasteiger charge is 2.35. The molecule has 4 saturated heterocycles. The van der Waals surface area contributed by atoms with Crippen LogP contribution in [0.3, 0.4) is 0 Å². The van der Waals surface area contributed by atoms with E-state index < -0.39 is 0 Å². The molecular formula is C13H24N2. The lowest BCUT2D eigenvalue weighted by Crippen LogP contribution is -2.49. The van der Waals surface area contributed by atoms with Gasteiger partial charge in [-0.3, -0.25) is 0 Å². The van der Waals surface area contributed by atoms with Crippen molar-refractivity contribution in [3.05, 3.63) is 0 Å². The summed E-state index contributed by atoms with van der Waals surface area (Å²) in [6.07, 6.45) is 8.72. The second kappa shape index (κ2) is 4.42. The lowest BCUT2D eigenvalue weighted by atomic mass is 9.75. The summed E-state index contributed by atoms with van der Waals surface area (Å²) in [4.78, 5) is 2.69. The SMILES string of the molecule is C1CC[C@H](C[C@@H]2CN3CCC2CC3)NC1. The van der Waals surface area contributed by atoms with Gasteiger partial charge in [0.2, 0.25) is 0 Å². The third-order valence-electron chi connectivity index (χ3n) is 4.79. The standard InChI is InChI=1S/C13H24N2/c1-2-6-14-13(3-1)9-12-10-15-7-4-11(12)5-8-15/h11-14H,1-10H2/t12-,13-/m1/s1. The summed E-state index contributed by atoms with van der Waals surface area (Å²) in [5.41, 5.74) is 0. The van der Waals surface area contributed by atoms with Gasteiger partial charge in [-0.15, -0.1) is 0 Å². The molecule has 4 heterocycles. The van der Waals surface area contributed by atoms with E-state index >= 15 is 0 Å². The molecule has 4 fully saturated rings. The van der Waals surface area contributed by atoms with Crippen molar-refractivity contribution in [2.45, 2.75) is 44.6 Å². The molecule has 0 aromatic heterocycles. The molecule has 4 rings (SSSR count). The van der Waals surface area contributed by atoms with E-state index in [0.717, 1.165) is 17.9 Å². The Labute approximate surface area is 93.4 Å². The van der Waals surface area contributed by atoms with Crippen molar-refractivity contribution < 1.29 is 0 Å². The van der Waals surface area contributed by atoms with Crippen LogP contribution in [-0.4, -0.2) is 37.1 Å². The average Bonchev–Trinajstić information content (AvgIpc) is 2.32. The lowest BCUT2D eigenvalue weighted by Gasteiger charge is -2.46. The van der Waals surface area contributed by atoms with E-state index in [9.17, 15) is 0 Å². The molecule has 0 radical (unpaired) electrons. The van der Waals surface area contributed by atoms with Crippen molar-refractivity contribution in [1.82, 2.24) is 10.2 Å². The summed E-state index contributed by atoms with van der Waals surface area (Å²) < 4.78 is 0. The minimum Gasteiger partial charge on any atom is -0.314 e. The first-order chi connectivity index (χ1) is 7.42. The van der Waals surface area contributed by atoms with E-state index in [0.29, 0.717) is 0 Å². The smallest absolute Gasteiger partial charge is 0.00702 e. The maximum atomic E-state index is 3.71. The van der Waals surface area contributed by atoms with Crippen molar-refractivity contribution in [2.75, 3.05) is 26.2 Å². The van der Waals surface area contributed by atoms with Crippen LogP contribution >= 0.6 is 0 Å². The Kier molecular flexibility index (Phi) is 2.98. The molecule has 0 unspecified atom stereocenters. The maximum Gasteiger partial charge on any atom is 0.00702 e. The lowest BCUT2D eigenvalue weighted by molar-refractivity contribution is 0.0397. The third-order valence-corrected chi connectivity index (χ3v) is 4.79. The summed E-state index contributed by atoms with van der Waals surface area (Å²) in [6.45, 7) is 5.45. The molecule has 0 aliphatic carbocycles. The Morgan fingerprint density at radius 1 is 1.07 bits per heavy atom. The Bertz CT molecular complexity index is 203. The van der Waals surface area contributed by atoms with Crippen molar-refractivity contribution >= 4 is 0 Å². The molecule has 0 aromatic carbocycles. The van der Waals surface area contributed by atoms with Gasteiger partial charge in [-0.2, -0.15) is 0 Å². The first-order valence-corrected chi connectivity index (χ1v) is 6.87. The summed E-state index contributed by atoms with van der Waals surface area (Å²) in [5, 5.41) is 3.71. The van der Waals surface area contributed by atoms with Gasteiger partial charge in [-0.05, 0) is 63.6 Å². The van der Waals surface area contributed by atoms with E-state index in [2.05, 4.69) is 10.2 Å². The van der Waals surface area contributed by atoms with E-state index in [4.69, 9.17) is 0 Å². The van der Waals surface area contributed by atoms with Gasteiger partial charge in [0.1, 0.15) is 0 Å². The molecule has 1 N–H and O–H groups in total. The molecule has 0 amide bonds. The highest BCUT2D eigenvalue weighted by Crippen LogP contribution is 2.35. The van der Waals surface area contributed by atoms with Crippen LogP contribution in [0.2, 0.25) is 0 Å². The summed E-state index contributed by atoms with van der Waals surface area (Å²) in [6, 6.07) is 0.851. The van der Waals surface area contributed by atoms with Gasteiger partial charge < -0.3 is 10.2 Å². The molecule has 0 saturated carbocycles. The van der Waals surface area contributed by atoms with Crippen LogP contribution in [0.4, 0.5) is 0 Å². The number of fused-ring (bicyclic) bond motifs is 3. The Morgan fingerprint density at radius 3 is 2.53 bits per heavy atom.